The number of hydrogen-bond acceptors (Lipinski definition) is 5. The Kier molecular flexibility index (Phi) is 4.69. The van der Waals surface area contributed by atoms with E-state index in [4.69, 9.17) is 10.00 Å². The minimum atomic E-state index is -0.796. The van der Waals surface area contributed by atoms with Crippen LogP contribution in [0.25, 0.3) is 0 Å². The monoisotopic (exact) mass is 300 g/mol. The van der Waals surface area contributed by atoms with Crippen LogP contribution in [0, 0.1) is 11.3 Å². The molecule has 0 aliphatic carbocycles. The molecular formula is C15H12N2O3S. The van der Waals surface area contributed by atoms with E-state index in [1.807, 2.05) is 11.4 Å². The van der Waals surface area contributed by atoms with Gasteiger partial charge in [0, 0.05) is 5.69 Å². The summed E-state index contributed by atoms with van der Waals surface area (Å²) in [6.45, 7) is 1.49. The number of nitrogens with one attached hydrogen (secondary N) is 1. The van der Waals surface area contributed by atoms with Crippen molar-refractivity contribution in [1.29, 1.82) is 5.26 Å². The highest BCUT2D eigenvalue weighted by Gasteiger charge is 2.12. The summed E-state index contributed by atoms with van der Waals surface area (Å²) in [7, 11) is 0. The van der Waals surface area contributed by atoms with Crippen LogP contribution in [0.15, 0.2) is 41.8 Å². The first kappa shape index (κ1) is 14.8. The molecule has 0 aliphatic heterocycles. The van der Waals surface area contributed by atoms with Gasteiger partial charge in [0.2, 0.25) is 0 Å². The van der Waals surface area contributed by atoms with Gasteiger partial charge in [-0.1, -0.05) is 6.07 Å². The van der Waals surface area contributed by atoms with Crippen molar-refractivity contribution < 1.29 is 14.3 Å². The number of rotatable bonds is 4. The lowest BCUT2D eigenvalue weighted by atomic mass is 10.2. The van der Waals surface area contributed by atoms with E-state index in [1.165, 1.54) is 30.4 Å². The van der Waals surface area contributed by atoms with Crippen molar-refractivity contribution in [3.05, 3.63) is 52.2 Å². The standard InChI is InChI=1S/C15H12N2O3S/c1-10(9-16)20-15(19)11-4-6-12(7-5-11)17-14(18)13-3-2-8-21-13/h2-8,10H,1H3,(H,17,18)/t10-/m0/s1. The van der Waals surface area contributed by atoms with Gasteiger partial charge in [0.25, 0.3) is 5.91 Å². The highest BCUT2D eigenvalue weighted by atomic mass is 32.1. The molecule has 5 nitrogen and oxygen atoms in total. The number of nitriles is 1. The summed E-state index contributed by atoms with van der Waals surface area (Å²) >= 11 is 1.35. The van der Waals surface area contributed by atoms with Gasteiger partial charge in [0.15, 0.2) is 6.10 Å². The maximum Gasteiger partial charge on any atom is 0.339 e. The summed E-state index contributed by atoms with van der Waals surface area (Å²) in [4.78, 5) is 24.1. The lowest BCUT2D eigenvalue weighted by Gasteiger charge is -2.07. The smallest absolute Gasteiger partial charge is 0.339 e. The van der Waals surface area contributed by atoms with Crippen LogP contribution in [0.1, 0.15) is 27.0 Å². The lowest BCUT2D eigenvalue weighted by molar-refractivity contribution is 0.0435. The number of hydrogen-bond donors (Lipinski definition) is 1. The van der Waals surface area contributed by atoms with Gasteiger partial charge in [-0.3, -0.25) is 4.79 Å². The van der Waals surface area contributed by atoms with Gasteiger partial charge in [-0.15, -0.1) is 11.3 Å². The van der Waals surface area contributed by atoms with E-state index in [-0.39, 0.29) is 5.91 Å². The molecule has 0 saturated carbocycles. The lowest BCUT2D eigenvalue weighted by Crippen LogP contribution is -2.13. The van der Waals surface area contributed by atoms with Crippen molar-refractivity contribution in [2.45, 2.75) is 13.0 Å². The van der Waals surface area contributed by atoms with E-state index >= 15 is 0 Å². The number of esters is 1. The van der Waals surface area contributed by atoms with Gasteiger partial charge in [0.05, 0.1) is 10.4 Å². The Labute approximate surface area is 125 Å². The predicted octanol–water partition coefficient (Wildman–Crippen LogP) is 3.07. The summed E-state index contributed by atoms with van der Waals surface area (Å²) in [6, 6.07) is 11.6. The first-order valence-corrected chi connectivity index (χ1v) is 7.03. The number of nitrogens with zero attached hydrogens (tertiary/aromatic N) is 1. The third-order valence-electron chi connectivity index (χ3n) is 2.59. The Morgan fingerprint density at radius 2 is 2.00 bits per heavy atom. The number of carbonyl (C=O) groups excluding carboxylic acids is 2. The molecule has 106 valence electrons. The molecule has 0 fully saturated rings. The average molecular weight is 300 g/mol. The van der Waals surface area contributed by atoms with Crippen molar-refractivity contribution in [1.82, 2.24) is 0 Å². The summed E-state index contributed by atoms with van der Waals surface area (Å²) in [5.41, 5.74) is 0.907. The topological polar surface area (TPSA) is 79.2 Å². The van der Waals surface area contributed by atoms with Gasteiger partial charge < -0.3 is 10.1 Å². The SMILES string of the molecule is C[C@@H](C#N)OC(=O)c1ccc(NC(=O)c2cccs2)cc1. The second-order valence-corrected chi connectivity index (χ2v) is 5.13. The zero-order valence-electron chi connectivity index (χ0n) is 11.2. The minimum Gasteiger partial charge on any atom is -0.444 e. The highest BCUT2D eigenvalue weighted by Crippen LogP contribution is 2.15. The van der Waals surface area contributed by atoms with Crippen molar-refractivity contribution in [3.63, 3.8) is 0 Å². The maximum atomic E-state index is 11.8. The van der Waals surface area contributed by atoms with Crippen LogP contribution in [0.3, 0.4) is 0 Å². The molecule has 0 bridgehead atoms. The molecule has 0 spiro atoms. The molecule has 21 heavy (non-hydrogen) atoms. The number of amides is 1. The number of thiophene rings is 1. The van der Waals surface area contributed by atoms with Gasteiger partial charge in [-0.2, -0.15) is 5.26 Å². The molecule has 1 heterocycles. The molecule has 1 aromatic carbocycles. The quantitative estimate of drug-likeness (QED) is 0.880. The first-order valence-electron chi connectivity index (χ1n) is 6.15. The molecule has 2 rings (SSSR count). The minimum absolute atomic E-state index is 0.196. The molecule has 0 radical (unpaired) electrons. The van der Waals surface area contributed by atoms with E-state index in [1.54, 1.807) is 24.3 Å². The van der Waals surface area contributed by atoms with Crippen molar-refractivity contribution >= 4 is 28.9 Å². The fourth-order valence-electron chi connectivity index (χ4n) is 1.55. The van der Waals surface area contributed by atoms with Crippen LogP contribution in [0.2, 0.25) is 0 Å². The average Bonchev–Trinajstić information content (AvgIpc) is 3.02. The third-order valence-corrected chi connectivity index (χ3v) is 3.46. The fraction of sp³-hybridized carbons (Fsp3) is 0.133. The molecular weight excluding hydrogens is 288 g/mol. The van der Waals surface area contributed by atoms with Crippen LogP contribution < -0.4 is 5.32 Å². The molecule has 1 atom stereocenters. The van der Waals surface area contributed by atoms with Crippen molar-refractivity contribution in [3.8, 4) is 6.07 Å². The summed E-state index contributed by atoms with van der Waals surface area (Å²) in [6.07, 6.45) is -0.796. The zero-order chi connectivity index (χ0) is 15.2. The van der Waals surface area contributed by atoms with Gasteiger partial charge in [-0.05, 0) is 42.6 Å². The van der Waals surface area contributed by atoms with Crippen LogP contribution in [0.4, 0.5) is 5.69 Å². The molecule has 0 unspecified atom stereocenters. The van der Waals surface area contributed by atoms with Crippen LogP contribution in [-0.2, 0) is 4.74 Å². The van der Waals surface area contributed by atoms with E-state index in [0.29, 0.717) is 16.1 Å². The normalized spacial score (nSPS) is 11.2. The van der Waals surface area contributed by atoms with E-state index in [9.17, 15) is 9.59 Å². The van der Waals surface area contributed by atoms with E-state index < -0.39 is 12.1 Å². The molecule has 0 saturated heterocycles. The van der Waals surface area contributed by atoms with E-state index in [2.05, 4.69) is 5.32 Å². The van der Waals surface area contributed by atoms with Gasteiger partial charge in [-0.25, -0.2) is 4.79 Å². The summed E-state index contributed by atoms with van der Waals surface area (Å²) in [5, 5.41) is 13.1. The number of carbonyl (C=O) groups is 2. The first-order chi connectivity index (χ1) is 10.1. The van der Waals surface area contributed by atoms with Crippen molar-refractivity contribution in [2.24, 2.45) is 0 Å². The summed E-state index contributed by atoms with van der Waals surface area (Å²) in [5.74, 6) is -0.765. The summed E-state index contributed by atoms with van der Waals surface area (Å²) < 4.78 is 4.88. The van der Waals surface area contributed by atoms with E-state index in [0.717, 1.165) is 0 Å². The maximum absolute atomic E-state index is 11.8. The van der Waals surface area contributed by atoms with Gasteiger partial charge >= 0.3 is 5.97 Å². The Morgan fingerprint density at radius 1 is 1.29 bits per heavy atom. The Morgan fingerprint density at radius 3 is 2.57 bits per heavy atom. The molecule has 1 amide bonds. The second-order valence-electron chi connectivity index (χ2n) is 4.19. The van der Waals surface area contributed by atoms with Crippen LogP contribution >= 0.6 is 11.3 Å². The van der Waals surface area contributed by atoms with Crippen LogP contribution in [-0.4, -0.2) is 18.0 Å². The second kappa shape index (κ2) is 6.68. The third kappa shape index (κ3) is 3.91. The largest absolute Gasteiger partial charge is 0.444 e. The Hall–Kier alpha value is -2.65. The predicted molar refractivity (Wildman–Crippen MR) is 79.2 cm³/mol. The fourth-order valence-corrected chi connectivity index (χ4v) is 2.16. The number of ether oxygens (including phenoxy) is 1. The zero-order valence-corrected chi connectivity index (χ0v) is 12.0. The van der Waals surface area contributed by atoms with Gasteiger partial charge in [0.1, 0.15) is 6.07 Å². The Bertz CT molecular complexity index is 672. The molecule has 1 N–H and O–H groups in total. The number of anilines is 1. The number of benzene rings is 1. The molecule has 6 heteroatoms. The van der Waals surface area contributed by atoms with Crippen molar-refractivity contribution in [2.75, 3.05) is 5.32 Å². The molecule has 1 aromatic heterocycles. The molecule has 2 aromatic rings. The highest BCUT2D eigenvalue weighted by molar-refractivity contribution is 7.12. The van der Waals surface area contributed by atoms with Crippen LogP contribution in [0.5, 0.6) is 0 Å². The Balaban J connectivity index is 2.01. The molecule has 0 aliphatic rings.